The maximum absolute atomic E-state index is 11.9. The van der Waals surface area contributed by atoms with E-state index in [9.17, 15) is 9.59 Å². The van der Waals surface area contributed by atoms with E-state index in [1.165, 1.54) is 0 Å². The predicted molar refractivity (Wildman–Crippen MR) is 103 cm³/mol. The number of rotatable bonds is 6. The summed E-state index contributed by atoms with van der Waals surface area (Å²) in [6.45, 7) is 0.854. The molecule has 0 radical (unpaired) electrons. The molecule has 1 saturated carbocycles. The number of anilines is 1. The first-order chi connectivity index (χ1) is 13.7. The molecule has 0 aromatic carbocycles. The van der Waals surface area contributed by atoms with Crippen LogP contribution in [0.15, 0.2) is 17.8 Å². The van der Waals surface area contributed by atoms with Gasteiger partial charge in [-0.15, -0.1) is 0 Å². The summed E-state index contributed by atoms with van der Waals surface area (Å²) in [5.74, 6) is 0.315. The molecular formula is C20H23N5O3. The Labute approximate surface area is 162 Å². The Morgan fingerprint density at radius 2 is 2.21 bits per heavy atom. The van der Waals surface area contributed by atoms with E-state index in [2.05, 4.69) is 21.8 Å². The van der Waals surface area contributed by atoms with Gasteiger partial charge in [-0.25, -0.2) is 4.98 Å². The third-order valence-corrected chi connectivity index (χ3v) is 5.45. The smallest absolute Gasteiger partial charge is 0.254 e. The Kier molecular flexibility index (Phi) is 4.35. The standard InChI is InChI=1S/C20H23N5O3/c26-18-9-12(20(27)24-18)8-13-11-21-25-17(22-14-3-4-14)10-15(23-19(13)25)5-6-16-2-1-7-28-16/h8,10-11,14,16,22H,1-7,9H2,(H,24,26,27)/b12-8+. The van der Waals surface area contributed by atoms with Gasteiger partial charge in [-0.1, -0.05) is 0 Å². The topological polar surface area (TPSA) is 97.6 Å². The number of carbonyl (C=O) groups is 2. The first-order valence-corrected chi connectivity index (χ1v) is 9.96. The zero-order chi connectivity index (χ0) is 19.1. The summed E-state index contributed by atoms with van der Waals surface area (Å²) in [6, 6.07) is 2.55. The van der Waals surface area contributed by atoms with Crippen LogP contribution in [0.5, 0.6) is 0 Å². The molecular weight excluding hydrogens is 358 g/mol. The first-order valence-electron chi connectivity index (χ1n) is 9.96. The second-order valence-electron chi connectivity index (χ2n) is 7.78. The molecule has 0 bridgehead atoms. The monoisotopic (exact) mass is 381 g/mol. The summed E-state index contributed by atoms with van der Waals surface area (Å²) in [6.07, 6.45) is 10.2. The van der Waals surface area contributed by atoms with Crippen LogP contribution < -0.4 is 10.6 Å². The van der Waals surface area contributed by atoms with Gasteiger partial charge in [-0.2, -0.15) is 9.61 Å². The lowest BCUT2D eigenvalue weighted by atomic mass is 10.1. The second-order valence-corrected chi connectivity index (χ2v) is 7.78. The van der Waals surface area contributed by atoms with Crippen LogP contribution in [-0.4, -0.2) is 45.2 Å². The highest BCUT2D eigenvalue weighted by molar-refractivity contribution is 6.15. The van der Waals surface area contributed by atoms with Crippen molar-refractivity contribution < 1.29 is 14.3 Å². The number of nitrogens with one attached hydrogen (secondary N) is 2. The molecule has 146 valence electrons. The highest BCUT2D eigenvalue weighted by Crippen LogP contribution is 2.27. The van der Waals surface area contributed by atoms with Gasteiger partial charge < -0.3 is 10.1 Å². The zero-order valence-corrected chi connectivity index (χ0v) is 15.6. The molecule has 0 spiro atoms. The van der Waals surface area contributed by atoms with E-state index >= 15 is 0 Å². The van der Waals surface area contributed by atoms with E-state index in [0.29, 0.717) is 23.4 Å². The highest BCUT2D eigenvalue weighted by atomic mass is 16.5. The number of fused-ring (bicyclic) bond motifs is 1. The fourth-order valence-electron chi connectivity index (χ4n) is 3.79. The Bertz CT molecular complexity index is 970. The molecule has 3 fully saturated rings. The second kappa shape index (κ2) is 7.01. The fourth-order valence-corrected chi connectivity index (χ4v) is 3.79. The number of imide groups is 1. The lowest BCUT2D eigenvalue weighted by Crippen LogP contribution is -2.19. The van der Waals surface area contributed by atoms with Gasteiger partial charge in [0.05, 0.1) is 18.7 Å². The van der Waals surface area contributed by atoms with Gasteiger partial charge in [-0.05, 0) is 44.6 Å². The molecule has 2 aromatic heterocycles. The Morgan fingerprint density at radius 1 is 1.32 bits per heavy atom. The van der Waals surface area contributed by atoms with Crippen LogP contribution in [0.1, 0.15) is 49.8 Å². The summed E-state index contributed by atoms with van der Waals surface area (Å²) in [4.78, 5) is 28.2. The van der Waals surface area contributed by atoms with Crippen molar-refractivity contribution in [1.82, 2.24) is 19.9 Å². The van der Waals surface area contributed by atoms with Crippen molar-refractivity contribution in [3.63, 3.8) is 0 Å². The summed E-state index contributed by atoms with van der Waals surface area (Å²) in [5, 5.41) is 10.3. The Morgan fingerprint density at radius 3 is 2.93 bits per heavy atom. The Balaban J connectivity index is 1.48. The van der Waals surface area contributed by atoms with Crippen molar-refractivity contribution in [2.45, 2.75) is 57.1 Å². The van der Waals surface area contributed by atoms with Gasteiger partial charge in [0, 0.05) is 35.5 Å². The third-order valence-electron chi connectivity index (χ3n) is 5.45. The first kappa shape index (κ1) is 17.4. The molecule has 1 aliphatic carbocycles. The van der Waals surface area contributed by atoms with Crippen LogP contribution in [0, 0.1) is 0 Å². The van der Waals surface area contributed by atoms with Crippen molar-refractivity contribution in [3.05, 3.63) is 29.1 Å². The minimum Gasteiger partial charge on any atom is -0.378 e. The van der Waals surface area contributed by atoms with E-state index in [1.807, 2.05) is 0 Å². The number of aryl methyl sites for hydroxylation is 1. The van der Waals surface area contributed by atoms with E-state index in [4.69, 9.17) is 9.72 Å². The average molecular weight is 381 g/mol. The van der Waals surface area contributed by atoms with E-state index < -0.39 is 0 Å². The molecule has 5 rings (SSSR count). The number of ether oxygens (including phenoxy) is 1. The number of hydrogen-bond acceptors (Lipinski definition) is 6. The molecule has 8 heteroatoms. The molecule has 3 aliphatic rings. The van der Waals surface area contributed by atoms with E-state index in [0.717, 1.165) is 62.2 Å². The van der Waals surface area contributed by atoms with Crippen LogP contribution in [0.3, 0.4) is 0 Å². The SMILES string of the molecule is O=C1C/C(=C\c2cnn3c(NC4CC4)cc(CCC4CCCO4)nc23)C(=O)N1. The van der Waals surface area contributed by atoms with Crippen LogP contribution >= 0.6 is 0 Å². The fraction of sp³-hybridized carbons (Fsp3) is 0.500. The van der Waals surface area contributed by atoms with Gasteiger partial charge in [0.2, 0.25) is 5.91 Å². The number of aromatic nitrogens is 3. The van der Waals surface area contributed by atoms with E-state index in [-0.39, 0.29) is 18.2 Å². The van der Waals surface area contributed by atoms with Crippen LogP contribution in [0.4, 0.5) is 5.82 Å². The molecule has 4 heterocycles. The molecule has 2 N–H and O–H groups in total. The Hall–Kier alpha value is -2.74. The van der Waals surface area contributed by atoms with E-state index in [1.54, 1.807) is 16.8 Å². The number of nitrogens with zero attached hydrogens (tertiary/aromatic N) is 3. The molecule has 1 unspecified atom stereocenters. The summed E-state index contributed by atoms with van der Waals surface area (Å²) in [7, 11) is 0. The quantitative estimate of drug-likeness (QED) is 0.585. The molecule has 2 saturated heterocycles. The minimum atomic E-state index is -0.338. The lowest BCUT2D eigenvalue weighted by molar-refractivity contribution is -0.124. The van der Waals surface area contributed by atoms with Crippen molar-refractivity contribution >= 4 is 29.4 Å². The number of amides is 2. The van der Waals surface area contributed by atoms with Gasteiger partial charge in [0.25, 0.3) is 5.91 Å². The van der Waals surface area contributed by atoms with Crippen LogP contribution in [0.25, 0.3) is 11.7 Å². The lowest BCUT2D eigenvalue weighted by Gasteiger charge is -2.12. The average Bonchev–Trinajstić information content (AvgIpc) is 3.05. The summed E-state index contributed by atoms with van der Waals surface area (Å²) in [5.41, 5.74) is 2.88. The maximum Gasteiger partial charge on any atom is 0.254 e. The van der Waals surface area contributed by atoms with Crippen LogP contribution in [0.2, 0.25) is 0 Å². The highest BCUT2D eigenvalue weighted by Gasteiger charge is 2.26. The predicted octanol–water partition coefficient (Wildman–Crippen LogP) is 1.85. The van der Waals surface area contributed by atoms with Gasteiger partial charge in [-0.3, -0.25) is 14.9 Å². The molecule has 28 heavy (non-hydrogen) atoms. The van der Waals surface area contributed by atoms with Crippen molar-refractivity contribution in [2.24, 2.45) is 0 Å². The summed E-state index contributed by atoms with van der Waals surface area (Å²) < 4.78 is 7.53. The summed E-state index contributed by atoms with van der Waals surface area (Å²) >= 11 is 0. The van der Waals surface area contributed by atoms with Gasteiger partial charge in [0.1, 0.15) is 5.82 Å². The largest absolute Gasteiger partial charge is 0.378 e. The number of hydrogen-bond donors (Lipinski definition) is 2. The van der Waals surface area contributed by atoms with Crippen molar-refractivity contribution in [3.8, 4) is 0 Å². The number of carbonyl (C=O) groups excluding carboxylic acids is 2. The van der Waals surface area contributed by atoms with Crippen molar-refractivity contribution in [1.29, 1.82) is 0 Å². The van der Waals surface area contributed by atoms with Gasteiger partial charge in [0.15, 0.2) is 5.65 Å². The molecule has 2 aromatic rings. The zero-order valence-electron chi connectivity index (χ0n) is 15.6. The normalized spacial score (nSPS) is 23.7. The van der Waals surface area contributed by atoms with Crippen molar-refractivity contribution in [2.75, 3.05) is 11.9 Å². The third kappa shape index (κ3) is 3.52. The molecule has 2 amide bonds. The minimum absolute atomic E-state index is 0.0993. The van der Waals surface area contributed by atoms with Crippen LogP contribution in [-0.2, 0) is 20.7 Å². The molecule has 1 atom stereocenters. The van der Waals surface area contributed by atoms with Gasteiger partial charge >= 0.3 is 0 Å². The molecule has 8 nitrogen and oxygen atoms in total. The molecule has 2 aliphatic heterocycles. The maximum atomic E-state index is 11.9.